The number of pyridine rings is 1. The minimum Gasteiger partial charge on any atom is -0.457 e. The van der Waals surface area contributed by atoms with Gasteiger partial charge in [0.1, 0.15) is 23.0 Å². The van der Waals surface area contributed by atoms with E-state index in [1.54, 1.807) is 6.20 Å². The molecule has 0 saturated heterocycles. The van der Waals surface area contributed by atoms with E-state index in [4.69, 9.17) is 9.72 Å². The summed E-state index contributed by atoms with van der Waals surface area (Å²) >= 11 is 0. The minimum atomic E-state index is -0.0744. The van der Waals surface area contributed by atoms with Crippen LogP contribution in [0.3, 0.4) is 0 Å². The molecule has 0 atom stereocenters. The van der Waals surface area contributed by atoms with Crippen molar-refractivity contribution in [3.05, 3.63) is 90.0 Å². The van der Waals surface area contributed by atoms with Crippen molar-refractivity contribution < 1.29 is 4.74 Å². The Kier molecular flexibility index (Phi) is 5.41. The van der Waals surface area contributed by atoms with E-state index in [0.29, 0.717) is 5.92 Å². The predicted molar refractivity (Wildman–Crippen MR) is 164 cm³/mol. The van der Waals surface area contributed by atoms with Crippen molar-refractivity contribution in [1.29, 1.82) is 0 Å². The highest BCUT2D eigenvalue weighted by molar-refractivity contribution is 6.13. The van der Waals surface area contributed by atoms with Crippen molar-refractivity contribution in [2.45, 2.75) is 65.2 Å². The summed E-state index contributed by atoms with van der Waals surface area (Å²) in [6.45, 7) is 13.9. The van der Waals surface area contributed by atoms with E-state index in [1.165, 1.54) is 33.1 Å². The molecule has 0 radical (unpaired) electrons. The van der Waals surface area contributed by atoms with Crippen LogP contribution in [0, 0.1) is 5.92 Å². The molecule has 6 aromatic rings. The topological polar surface area (TPSA) is 55.2 Å². The second-order valence-corrected chi connectivity index (χ2v) is 12.8. The van der Waals surface area contributed by atoms with Gasteiger partial charge in [0.2, 0.25) is 0 Å². The van der Waals surface area contributed by atoms with Crippen molar-refractivity contribution in [2.24, 2.45) is 5.92 Å². The lowest BCUT2D eigenvalue weighted by molar-refractivity contribution is 0.288. The number of imidazole rings is 2. The van der Waals surface area contributed by atoms with Gasteiger partial charge < -0.3 is 9.72 Å². The first-order valence-electron chi connectivity index (χ1n) is 14.3. The molecule has 40 heavy (non-hydrogen) atoms. The van der Waals surface area contributed by atoms with Gasteiger partial charge in [-0.1, -0.05) is 65.8 Å². The largest absolute Gasteiger partial charge is 0.457 e. The molecule has 4 heterocycles. The Morgan fingerprint density at radius 3 is 2.45 bits per heavy atom. The van der Waals surface area contributed by atoms with E-state index >= 15 is 0 Å². The lowest BCUT2D eigenvalue weighted by atomic mass is 9.61. The number of rotatable bonds is 6. The second-order valence-electron chi connectivity index (χ2n) is 12.8. The predicted octanol–water partition coefficient (Wildman–Crippen LogP) is 8.98. The molecule has 5 heteroatoms. The van der Waals surface area contributed by atoms with Gasteiger partial charge in [0.15, 0.2) is 0 Å². The van der Waals surface area contributed by atoms with Crippen LogP contribution in [0.4, 0.5) is 0 Å². The van der Waals surface area contributed by atoms with Crippen LogP contribution >= 0.6 is 0 Å². The average Bonchev–Trinajstić information content (AvgIpc) is 3.62. The third-order valence-corrected chi connectivity index (χ3v) is 9.48. The molecule has 0 fully saturated rings. The standard InChI is InChI=1S/C35H36N4O/c1-21(2)10-11-22-12-13-23(18-27(22)32-36-16-17-37-32)40-24-14-15-25-26-8-7-9-29-31(26)39-30(35(5,6)34(29,3)4)20-38-33(39)28(25)19-24/h7-9,12-21H,10-11H2,1-6H3,(H,36,37). The first-order chi connectivity index (χ1) is 19.2. The van der Waals surface area contributed by atoms with Gasteiger partial charge in [0.05, 0.1) is 5.52 Å². The zero-order chi connectivity index (χ0) is 27.8. The van der Waals surface area contributed by atoms with Crippen molar-refractivity contribution in [2.75, 3.05) is 0 Å². The van der Waals surface area contributed by atoms with Gasteiger partial charge in [-0.3, -0.25) is 4.40 Å². The zero-order valence-electron chi connectivity index (χ0n) is 24.2. The molecule has 202 valence electrons. The fourth-order valence-electron chi connectivity index (χ4n) is 6.43. The van der Waals surface area contributed by atoms with E-state index in [0.717, 1.165) is 46.8 Å². The van der Waals surface area contributed by atoms with Crippen LogP contribution in [0.2, 0.25) is 0 Å². The maximum absolute atomic E-state index is 6.51. The molecule has 5 nitrogen and oxygen atoms in total. The first-order valence-corrected chi connectivity index (χ1v) is 14.3. The third-order valence-electron chi connectivity index (χ3n) is 9.48. The second kappa shape index (κ2) is 8.69. The molecule has 0 saturated carbocycles. The number of hydrogen-bond donors (Lipinski definition) is 1. The SMILES string of the molecule is CC(C)CCc1ccc(Oc2ccc3c(c2)c2ncc4n2c2c(cccc32)C(C)(C)C4(C)C)cc1-c1ncc[nH]1. The number of hydrogen-bond acceptors (Lipinski definition) is 3. The fraction of sp³-hybridized carbons (Fsp3) is 0.314. The Morgan fingerprint density at radius 1 is 0.875 bits per heavy atom. The van der Waals surface area contributed by atoms with Crippen molar-refractivity contribution in [3.8, 4) is 22.9 Å². The summed E-state index contributed by atoms with van der Waals surface area (Å²) in [6, 6.07) is 19.5. The smallest absolute Gasteiger partial charge is 0.145 e. The van der Waals surface area contributed by atoms with Gasteiger partial charge >= 0.3 is 0 Å². The summed E-state index contributed by atoms with van der Waals surface area (Å²) in [6.07, 6.45) is 7.88. The molecule has 0 spiro atoms. The number of aromatic nitrogens is 4. The van der Waals surface area contributed by atoms with Crippen molar-refractivity contribution >= 4 is 27.3 Å². The van der Waals surface area contributed by atoms with Gasteiger partial charge in [-0.05, 0) is 65.6 Å². The summed E-state index contributed by atoms with van der Waals surface area (Å²) in [5.41, 5.74) is 7.15. The van der Waals surface area contributed by atoms with Crippen LogP contribution < -0.4 is 4.74 Å². The van der Waals surface area contributed by atoms with E-state index < -0.39 is 0 Å². The van der Waals surface area contributed by atoms with E-state index in [-0.39, 0.29) is 10.8 Å². The maximum Gasteiger partial charge on any atom is 0.145 e. The molecule has 3 aromatic carbocycles. The number of fused-ring (bicyclic) bond motifs is 3. The van der Waals surface area contributed by atoms with Crippen LogP contribution in [0.5, 0.6) is 11.5 Å². The number of nitrogens with one attached hydrogen (secondary N) is 1. The minimum absolute atomic E-state index is 0.0285. The zero-order valence-corrected chi connectivity index (χ0v) is 24.2. The summed E-state index contributed by atoms with van der Waals surface area (Å²) in [5, 5.41) is 3.55. The van der Waals surface area contributed by atoms with Crippen LogP contribution in [-0.4, -0.2) is 19.4 Å². The van der Waals surface area contributed by atoms with Crippen molar-refractivity contribution in [1.82, 2.24) is 19.4 Å². The first kappa shape index (κ1) is 24.9. The van der Waals surface area contributed by atoms with Crippen LogP contribution in [-0.2, 0) is 17.3 Å². The summed E-state index contributed by atoms with van der Waals surface area (Å²) in [5.74, 6) is 3.11. The molecule has 7 rings (SSSR count). The average molecular weight is 529 g/mol. The number of para-hydroxylation sites is 1. The molecule has 0 bridgehead atoms. The lowest BCUT2D eigenvalue weighted by Gasteiger charge is -2.45. The van der Waals surface area contributed by atoms with Gasteiger partial charge in [-0.2, -0.15) is 0 Å². The molecule has 0 aliphatic carbocycles. The number of aromatic amines is 1. The Hall–Kier alpha value is -4.12. The van der Waals surface area contributed by atoms with Gasteiger partial charge in [-0.25, -0.2) is 9.97 Å². The molecule has 0 amide bonds. The number of ether oxygens (including phenoxy) is 1. The normalized spacial score (nSPS) is 15.6. The Morgan fingerprint density at radius 2 is 1.68 bits per heavy atom. The molecular formula is C35H36N4O. The number of nitrogens with zero attached hydrogens (tertiary/aromatic N) is 3. The van der Waals surface area contributed by atoms with Crippen LogP contribution in [0.1, 0.15) is 64.8 Å². The van der Waals surface area contributed by atoms with Gasteiger partial charge in [-0.15, -0.1) is 0 Å². The quantitative estimate of drug-likeness (QED) is 0.220. The van der Waals surface area contributed by atoms with Crippen LogP contribution in [0.15, 0.2) is 73.2 Å². The molecule has 1 N–H and O–H groups in total. The molecule has 1 aliphatic rings. The molecule has 1 aliphatic heterocycles. The molecule has 3 aromatic heterocycles. The fourth-order valence-corrected chi connectivity index (χ4v) is 6.43. The highest BCUT2D eigenvalue weighted by atomic mass is 16.5. The van der Waals surface area contributed by atoms with Crippen molar-refractivity contribution in [3.63, 3.8) is 0 Å². The summed E-state index contributed by atoms with van der Waals surface area (Å²) in [7, 11) is 0. The summed E-state index contributed by atoms with van der Waals surface area (Å²) < 4.78 is 8.90. The Labute approximate surface area is 235 Å². The number of H-pyrrole nitrogens is 1. The number of aryl methyl sites for hydroxylation is 1. The molecule has 0 unspecified atom stereocenters. The Bertz CT molecular complexity index is 1910. The highest BCUT2D eigenvalue weighted by Gasteiger charge is 2.46. The highest BCUT2D eigenvalue weighted by Crippen LogP contribution is 2.51. The summed E-state index contributed by atoms with van der Waals surface area (Å²) in [4.78, 5) is 12.8. The third kappa shape index (κ3) is 3.53. The Balaban J connectivity index is 1.36. The molecular weight excluding hydrogens is 492 g/mol. The monoisotopic (exact) mass is 528 g/mol. The van der Waals surface area contributed by atoms with Crippen LogP contribution in [0.25, 0.3) is 38.7 Å². The van der Waals surface area contributed by atoms with Gasteiger partial charge in [0.25, 0.3) is 0 Å². The van der Waals surface area contributed by atoms with Gasteiger partial charge in [0, 0.05) is 51.5 Å². The van der Waals surface area contributed by atoms with E-state index in [9.17, 15) is 0 Å². The van der Waals surface area contributed by atoms with E-state index in [2.05, 4.69) is 117 Å². The maximum atomic E-state index is 6.51. The lowest BCUT2D eigenvalue weighted by Crippen LogP contribution is -2.44. The van der Waals surface area contributed by atoms with E-state index in [1.807, 2.05) is 6.20 Å². The number of benzene rings is 3.